The van der Waals surface area contributed by atoms with Gasteiger partial charge in [-0.2, -0.15) is 0 Å². The second kappa shape index (κ2) is 11.7. The number of sulfonamides is 1. The number of ether oxygens (including phenoxy) is 2. The Morgan fingerprint density at radius 2 is 1.36 bits per heavy atom. The molecule has 8 nitrogen and oxygen atoms in total. The van der Waals surface area contributed by atoms with Gasteiger partial charge in [-0.25, -0.2) is 17.6 Å². The molecular formula is C26H21F7N2O6S. The molecule has 42 heavy (non-hydrogen) atoms. The Balaban J connectivity index is 1.50. The van der Waals surface area contributed by atoms with Gasteiger partial charge in [0.25, 0.3) is 0 Å². The SMILES string of the molecule is O=C(O)c1cc(F)cc(NS(=O)(=O)CC2CN(C(c3ccc(OC(F)(F)F)cc3)c3ccc(OC(F)(F)F)cc3)C2)c1. The van der Waals surface area contributed by atoms with E-state index in [-0.39, 0.29) is 18.8 Å². The van der Waals surface area contributed by atoms with Crippen LogP contribution in [0.1, 0.15) is 27.5 Å². The Kier molecular flexibility index (Phi) is 8.59. The molecule has 1 heterocycles. The van der Waals surface area contributed by atoms with Gasteiger partial charge in [-0.05, 0) is 53.6 Å². The number of carbonyl (C=O) groups is 1. The molecule has 0 bridgehead atoms. The van der Waals surface area contributed by atoms with E-state index in [1.165, 1.54) is 24.3 Å². The van der Waals surface area contributed by atoms with Gasteiger partial charge in [0.1, 0.15) is 17.3 Å². The van der Waals surface area contributed by atoms with Crippen LogP contribution < -0.4 is 14.2 Å². The average Bonchev–Trinajstić information content (AvgIpc) is 2.82. The molecule has 0 aromatic heterocycles. The first-order chi connectivity index (χ1) is 19.5. The molecule has 1 fully saturated rings. The number of nitrogens with zero attached hydrogens (tertiary/aromatic N) is 1. The number of carboxylic acids is 1. The van der Waals surface area contributed by atoms with E-state index in [1.807, 2.05) is 0 Å². The van der Waals surface area contributed by atoms with Crippen LogP contribution in [0.15, 0.2) is 66.7 Å². The largest absolute Gasteiger partial charge is 0.573 e. The Morgan fingerprint density at radius 3 is 1.79 bits per heavy atom. The zero-order valence-corrected chi connectivity index (χ0v) is 21.9. The lowest BCUT2D eigenvalue weighted by Crippen LogP contribution is -2.51. The lowest BCUT2D eigenvalue weighted by atomic mass is 9.91. The molecule has 3 aromatic carbocycles. The monoisotopic (exact) mass is 622 g/mol. The number of rotatable bonds is 10. The maximum atomic E-state index is 13.7. The summed E-state index contributed by atoms with van der Waals surface area (Å²) in [5, 5.41) is 9.06. The van der Waals surface area contributed by atoms with E-state index < -0.39 is 69.3 Å². The molecule has 0 spiro atoms. The van der Waals surface area contributed by atoms with E-state index in [9.17, 15) is 43.9 Å². The number of anilines is 1. The maximum Gasteiger partial charge on any atom is 0.573 e. The van der Waals surface area contributed by atoms with Gasteiger partial charge in [-0.15, -0.1) is 26.3 Å². The third-order valence-electron chi connectivity index (χ3n) is 6.08. The summed E-state index contributed by atoms with van der Waals surface area (Å²) in [6.45, 7) is 0.327. The summed E-state index contributed by atoms with van der Waals surface area (Å²) >= 11 is 0. The van der Waals surface area contributed by atoms with Crippen LogP contribution in [-0.2, 0) is 10.0 Å². The summed E-state index contributed by atoms with van der Waals surface area (Å²) in [4.78, 5) is 12.9. The first kappa shape index (κ1) is 30.9. The van der Waals surface area contributed by atoms with Crippen molar-refractivity contribution in [3.8, 4) is 11.5 Å². The fourth-order valence-electron chi connectivity index (χ4n) is 4.55. The summed E-state index contributed by atoms with van der Waals surface area (Å²) < 4.78 is 125. The summed E-state index contributed by atoms with van der Waals surface area (Å²) in [7, 11) is -4.06. The molecule has 2 N–H and O–H groups in total. The van der Waals surface area contributed by atoms with Crippen LogP contribution in [0.2, 0.25) is 0 Å². The Morgan fingerprint density at radius 1 is 0.881 bits per heavy atom. The predicted molar refractivity (Wildman–Crippen MR) is 134 cm³/mol. The number of nitrogens with one attached hydrogen (secondary N) is 1. The highest BCUT2D eigenvalue weighted by Crippen LogP contribution is 2.37. The van der Waals surface area contributed by atoms with Gasteiger partial charge < -0.3 is 14.6 Å². The van der Waals surface area contributed by atoms with E-state index in [1.54, 1.807) is 4.90 Å². The minimum absolute atomic E-state index is 0.163. The predicted octanol–water partition coefficient (Wildman–Crippen LogP) is 5.78. The van der Waals surface area contributed by atoms with Crippen LogP contribution in [0.5, 0.6) is 11.5 Å². The molecule has 0 atom stereocenters. The fourth-order valence-corrected chi connectivity index (χ4v) is 5.94. The van der Waals surface area contributed by atoms with E-state index in [0.717, 1.165) is 42.5 Å². The van der Waals surface area contributed by atoms with E-state index >= 15 is 0 Å². The quantitative estimate of drug-likeness (QED) is 0.276. The van der Waals surface area contributed by atoms with Crippen molar-refractivity contribution in [3.05, 3.63) is 89.2 Å². The summed E-state index contributed by atoms with van der Waals surface area (Å²) in [5.74, 6) is -4.26. The van der Waals surface area contributed by atoms with Gasteiger partial charge in [-0.1, -0.05) is 24.3 Å². The Hall–Kier alpha value is -4.05. The number of carboxylic acid groups (broad SMARTS) is 1. The van der Waals surface area contributed by atoms with Crippen molar-refractivity contribution in [1.29, 1.82) is 0 Å². The lowest BCUT2D eigenvalue weighted by molar-refractivity contribution is -0.275. The average molecular weight is 623 g/mol. The van der Waals surface area contributed by atoms with Crippen molar-refractivity contribution in [2.24, 2.45) is 5.92 Å². The second-order valence-corrected chi connectivity index (χ2v) is 11.1. The fraction of sp³-hybridized carbons (Fsp3) is 0.269. The highest BCUT2D eigenvalue weighted by Gasteiger charge is 2.37. The zero-order chi connectivity index (χ0) is 30.9. The van der Waals surface area contributed by atoms with E-state index in [0.29, 0.717) is 11.1 Å². The normalized spacial score (nSPS) is 14.9. The molecule has 0 amide bonds. The molecule has 1 aliphatic heterocycles. The van der Waals surface area contributed by atoms with Crippen LogP contribution >= 0.6 is 0 Å². The van der Waals surface area contributed by atoms with Crippen LogP contribution in [0.25, 0.3) is 0 Å². The Bertz CT molecular complexity index is 1460. The molecule has 0 unspecified atom stereocenters. The van der Waals surface area contributed by atoms with Crippen molar-refractivity contribution < 1.29 is 58.5 Å². The molecule has 3 aromatic rings. The smallest absolute Gasteiger partial charge is 0.478 e. The van der Waals surface area contributed by atoms with Crippen LogP contribution in [0.4, 0.5) is 36.4 Å². The lowest BCUT2D eigenvalue weighted by Gasteiger charge is -2.44. The molecule has 0 radical (unpaired) electrons. The molecule has 4 rings (SSSR count). The summed E-state index contributed by atoms with van der Waals surface area (Å²) in [6, 6.07) is 11.5. The molecular weight excluding hydrogens is 601 g/mol. The van der Waals surface area contributed by atoms with Gasteiger partial charge in [0.05, 0.1) is 23.0 Å². The number of alkyl halides is 6. The van der Waals surface area contributed by atoms with Gasteiger partial charge in [-0.3, -0.25) is 9.62 Å². The number of benzene rings is 3. The summed E-state index contributed by atoms with van der Waals surface area (Å²) in [5.41, 5.74) is 0.177. The topological polar surface area (TPSA) is 105 Å². The third-order valence-corrected chi connectivity index (χ3v) is 7.54. The third kappa shape index (κ3) is 8.48. The molecule has 1 saturated heterocycles. The Labute approximate surface area is 234 Å². The van der Waals surface area contributed by atoms with Crippen molar-refractivity contribution >= 4 is 21.7 Å². The van der Waals surface area contributed by atoms with E-state index in [4.69, 9.17) is 5.11 Å². The molecule has 0 aliphatic carbocycles. The number of hydrogen-bond acceptors (Lipinski definition) is 6. The maximum absolute atomic E-state index is 13.7. The standard InChI is InChI=1S/C26H21F7N2O6S/c27-19-9-18(24(36)37)10-20(11-19)34-42(38,39)14-15-12-35(13-15)23(16-1-5-21(6-2-16)40-25(28,29)30)17-3-7-22(8-4-17)41-26(31,32)33/h1-11,15,23,34H,12-14H2,(H,36,37). The van der Waals surface area contributed by atoms with E-state index in [2.05, 4.69) is 14.2 Å². The first-order valence-electron chi connectivity index (χ1n) is 12.0. The highest BCUT2D eigenvalue weighted by molar-refractivity contribution is 7.92. The van der Waals surface area contributed by atoms with Crippen LogP contribution in [-0.4, -0.2) is 56.0 Å². The number of likely N-dealkylation sites (tertiary alicyclic amines) is 1. The number of hydrogen-bond donors (Lipinski definition) is 2. The van der Waals surface area contributed by atoms with Crippen molar-refractivity contribution in [2.75, 3.05) is 23.6 Å². The molecule has 226 valence electrons. The van der Waals surface area contributed by atoms with Crippen LogP contribution in [0, 0.1) is 11.7 Å². The molecule has 0 saturated carbocycles. The first-order valence-corrected chi connectivity index (χ1v) is 13.6. The molecule has 16 heteroatoms. The number of aromatic carboxylic acids is 1. The summed E-state index contributed by atoms with van der Waals surface area (Å²) in [6.07, 6.45) is -9.83. The molecule has 1 aliphatic rings. The van der Waals surface area contributed by atoms with Crippen molar-refractivity contribution in [2.45, 2.75) is 18.8 Å². The minimum atomic E-state index is -4.92. The number of halogens is 7. The van der Waals surface area contributed by atoms with Crippen molar-refractivity contribution in [3.63, 3.8) is 0 Å². The van der Waals surface area contributed by atoms with Gasteiger partial charge in [0, 0.05) is 19.0 Å². The van der Waals surface area contributed by atoms with Gasteiger partial charge in [0.15, 0.2) is 0 Å². The van der Waals surface area contributed by atoms with Gasteiger partial charge in [0.2, 0.25) is 10.0 Å². The second-order valence-electron chi connectivity index (χ2n) is 9.37. The zero-order valence-electron chi connectivity index (χ0n) is 21.1. The minimum Gasteiger partial charge on any atom is -0.478 e. The van der Waals surface area contributed by atoms with Gasteiger partial charge >= 0.3 is 18.7 Å². The van der Waals surface area contributed by atoms with Crippen LogP contribution in [0.3, 0.4) is 0 Å². The van der Waals surface area contributed by atoms with Crippen molar-refractivity contribution in [1.82, 2.24) is 4.90 Å². The highest BCUT2D eigenvalue weighted by atomic mass is 32.2.